The Kier molecular flexibility index (Phi) is 8.00. The molecule has 1 N–H and O–H groups in total. The van der Waals surface area contributed by atoms with Gasteiger partial charge in [-0.2, -0.15) is 0 Å². The Morgan fingerprint density at radius 2 is 1.88 bits per heavy atom. The lowest BCUT2D eigenvalue weighted by molar-refractivity contribution is -0.137. The van der Waals surface area contributed by atoms with Crippen LogP contribution in [0.25, 0.3) is 11.3 Å². The molecule has 1 amide bonds. The summed E-state index contributed by atoms with van der Waals surface area (Å²) in [4.78, 5) is 25.0. The first kappa shape index (κ1) is 22.5. The minimum absolute atomic E-state index is 0.137. The van der Waals surface area contributed by atoms with E-state index in [1.807, 2.05) is 18.2 Å². The summed E-state index contributed by atoms with van der Waals surface area (Å²) >= 11 is 0. The number of carbonyl (C=O) groups is 2. The smallest absolute Gasteiger partial charge is 0.303 e. The number of carboxylic acid groups (broad SMARTS) is 1. The van der Waals surface area contributed by atoms with Crippen molar-refractivity contribution in [3.8, 4) is 22.8 Å². The van der Waals surface area contributed by atoms with Crippen molar-refractivity contribution < 1.29 is 30.0 Å². The third-order valence-electron chi connectivity index (χ3n) is 5.10. The first-order valence-corrected chi connectivity index (χ1v) is 10.8. The van der Waals surface area contributed by atoms with Gasteiger partial charge in [0.15, 0.2) is 0 Å². The van der Waals surface area contributed by atoms with Gasteiger partial charge in [-0.1, -0.05) is 12.1 Å². The molecule has 0 radical (unpaired) electrons. The van der Waals surface area contributed by atoms with E-state index in [4.69, 9.17) is 20.4 Å². The van der Waals surface area contributed by atoms with Gasteiger partial charge >= 0.3 is 5.97 Å². The second kappa shape index (κ2) is 11.8. The predicted octanol–water partition coefficient (Wildman–Crippen LogP) is 5.25. The highest BCUT2D eigenvalue weighted by Gasteiger charge is 2.16. The monoisotopic (exact) mass is 452 g/mol. The molecule has 1 heterocycles. The Hall–Kier alpha value is -3.74. The van der Waals surface area contributed by atoms with Crippen molar-refractivity contribution in [3.05, 3.63) is 72.0 Å². The second-order valence-corrected chi connectivity index (χ2v) is 7.56. The molecule has 7 nitrogen and oxygen atoms in total. The molecule has 1 aromatic heterocycles. The maximum absolute atomic E-state index is 13.1. The highest BCUT2D eigenvalue weighted by atomic mass is 16.5. The Bertz CT molecular complexity index is 1080. The average molecular weight is 453 g/mol. The van der Waals surface area contributed by atoms with E-state index in [1.54, 1.807) is 49.7 Å². The summed E-state index contributed by atoms with van der Waals surface area (Å²) in [5.41, 5.74) is 1.82. The van der Waals surface area contributed by atoms with Gasteiger partial charge in [0.2, 0.25) is 0 Å². The van der Waals surface area contributed by atoms with Gasteiger partial charge in [-0.3, -0.25) is 9.59 Å². The van der Waals surface area contributed by atoms with E-state index in [0.29, 0.717) is 47.8 Å². The topological polar surface area (TPSA) is 89.2 Å². The third-order valence-corrected chi connectivity index (χ3v) is 5.10. The molecule has 0 bridgehead atoms. The SMILES string of the molecule is [2H]C(c1cc(OC)ccc1OCCCCCC(=O)O)N(C)C(=O)c1ccc(-c2ccco2)cc1. The van der Waals surface area contributed by atoms with Gasteiger partial charge in [0, 0.05) is 36.7 Å². The van der Waals surface area contributed by atoms with E-state index >= 15 is 0 Å². The number of rotatable bonds is 12. The van der Waals surface area contributed by atoms with Crippen LogP contribution in [-0.2, 0) is 11.3 Å². The van der Waals surface area contributed by atoms with Crippen LogP contribution in [-0.4, -0.2) is 42.6 Å². The number of unbranched alkanes of at least 4 members (excludes halogenated alkanes) is 2. The fourth-order valence-corrected chi connectivity index (χ4v) is 3.31. The Morgan fingerprint density at radius 3 is 2.55 bits per heavy atom. The highest BCUT2D eigenvalue weighted by Crippen LogP contribution is 2.27. The molecule has 2 aromatic carbocycles. The number of furan rings is 1. The number of nitrogens with zero attached hydrogens (tertiary/aromatic N) is 1. The quantitative estimate of drug-likeness (QED) is 0.378. The van der Waals surface area contributed by atoms with Crippen LogP contribution >= 0.6 is 0 Å². The fourth-order valence-electron chi connectivity index (χ4n) is 3.31. The molecule has 1 atom stereocenters. The largest absolute Gasteiger partial charge is 0.497 e. The lowest BCUT2D eigenvalue weighted by Gasteiger charge is -2.20. The second-order valence-electron chi connectivity index (χ2n) is 7.56. The molecule has 0 saturated heterocycles. The van der Waals surface area contributed by atoms with Gasteiger partial charge in [-0.15, -0.1) is 0 Å². The lowest BCUT2D eigenvalue weighted by Crippen LogP contribution is -2.26. The normalized spacial score (nSPS) is 12.0. The van der Waals surface area contributed by atoms with Gasteiger partial charge in [0.1, 0.15) is 17.3 Å². The molecule has 1 unspecified atom stereocenters. The number of benzene rings is 2. The highest BCUT2D eigenvalue weighted by molar-refractivity contribution is 5.94. The lowest BCUT2D eigenvalue weighted by atomic mass is 10.1. The van der Waals surface area contributed by atoms with Crippen LogP contribution in [0.2, 0.25) is 0 Å². The van der Waals surface area contributed by atoms with Crippen LogP contribution < -0.4 is 9.47 Å². The number of amides is 1. The number of methoxy groups -OCH3 is 1. The van der Waals surface area contributed by atoms with Crippen molar-refractivity contribution in [2.45, 2.75) is 32.2 Å². The zero-order valence-electron chi connectivity index (χ0n) is 19.8. The first-order chi connectivity index (χ1) is 16.4. The minimum atomic E-state index is -1.02. The Labute approximate surface area is 194 Å². The molecule has 174 valence electrons. The van der Waals surface area contributed by atoms with Crippen molar-refractivity contribution in [2.75, 3.05) is 20.8 Å². The Balaban J connectivity index is 1.69. The molecule has 0 aliphatic carbocycles. The minimum Gasteiger partial charge on any atom is -0.497 e. The van der Waals surface area contributed by atoms with E-state index in [1.165, 1.54) is 12.0 Å². The Morgan fingerprint density at radius 1 is 1.09 bits per heavy atom. The van der Waals surface area contributed by atoms with E-state index in [0.717, 1.165) is 12.0 Å². The van der Waals surface area contributed by atoms with E-state index < -0.39 is 12.5 Å². The fraction of sp³-hybridized carbons (Fsp3) is 0.308. The standard InChI is InChI=1S/C26H29NO6/c1-27(26(30)20-11-9-19(10-12-20)23-7-6-16-33-23)18-21-17-22(31-2)13-14-24(21)32-15-5-3-4-8-25(28)29/h6-7,9-14,16-17H,3-5,8,15,18H2,1-2H3,(H,28,29)/i18D. The van der Waals surface area contributed by atoms with Crippen LogP contribution in [0.3, 0.4) is 0 Å². The number of carbonyl (C=O) groups excluding carboxylic acids is 1. The number of hydrogen-bond acceptors (Lipinski definition) is 5. The van der Waals surface area contributed by atoms with Crippen molar-refractivity contribution in [2.24, 2.45) is 0 Å². The summed E-state index contributed by atoms with van der Waals surface area (Å²) in [5.74, 6) is 0.663. The van der Waals surface area contributed by atoms with Gasteiger partial charge in [-0.25, -0.2) is 0 Å². The molecule has 0 spiro atoms. The molecular weight excluding hydrogens is 422 g/mol. The zero-order chi connectivity index (χ0) is 24.5. The van der Waals surface area contributed by atoms with Crippen molar-refractivity contribution in [3.63, 3.8) is 0 Å². The van der Waals surface area contributed by atoms with Crippen LogP contribution in [0.5, 0.6) is 11.5 Å². The number of aliphatic carboxylic acids is 1. The average Bonchev–Trinajstić information content (AvgIpc) is 3.40. The number of ether oxygens (including phenoxy) is 2. The van der Waals surface area contributed by atoms with Gasteiger partial charge in [-0.05, 0) is 61.7 Å². The summed E-state index contributed by atoms with van der Waals surface area (Å²) < 4.78 is 25.3. The van der Waals surface area contributed by atoms with Crippen molar-refractivity contribution >= 4 is 11.9 Å². The van der Waals surface area contributed by atoms with Gasteiger partial charge in [0.25, 0.3) is 5.91 Å². The molecule has 0 aliphatic heterocycles. The maximum Gasteiger partial charge on any atom is 0.303 e. The summed E-state index contributed by atoms with van der Waals surface area (Å²) in [6.07, 6.45) is 3.74. The number of carboxylic acids is 1. The molecule has 3 rings (SSSR count). The van der Waals surface area contributed by atoms with Gasteiger partial charge in [0.05, 0.1) is 21.4 Å². The summed E-state index contributed by atoms with van der Waals surface area (Å²) in [6, 6.07) is 15.9. The molecule has 7 heteroatoms. The maximum atomic E-state index is 13.1. The predicted molar refractivity (Wildman–Crippen MR) is 125 cm³/mol. The van der Waals surface area contributed by atoms with E-state index in [-0.39, 0.29) is 12.3 Å². The van der Waals surface area contributed by atoms with E-state index in [2.05, 4.69) is 0 Å². The number of hydrogen-bond donors (Lipinski definition) is 1. The van der Waals surface area contributed by atoms with Crippen LogP contribution in [0.4, 0.5) is 0 Å². The van der Waals surface area contributed by atoms with Gasteiger partial charge < -0.3 is 23.9 Å². The van der Waals surface area contributed by atoms with Crippen molar-refractivity contribution in [1.82, 2.24) is 4.90 Å². The summed E-state index contributed by atoms with van der Waals surface area (Å²) in [6.45, 7) is -0.633. The third kappa shape index (κ3) is 6.87. The molecular formula is C26H29NO6. The van der Waals surface area contributed by atoms with Crippen LogP contribution in [0.15, 0.2) is 65.3 Å². The molecule has 0 fully saturated rings. The summed E-state index contributed by atoms with van der Waals surface area (Å²) in [7, 11) is 3.12. The molecule has 0 aliphatic rings. The van der Waals surface area contributed by atoms with Crippen LogP contribution in [0.1, 0.15) is 43.0 Å². The summed E-state index contributed by atoms with van der Waals surface area (Å²) in [5, 5.41) is 8.73. The van der Waals surface area contributed by atoms with Crippen molar-refractivity contribution in [1.29, 1.82) is 0 Å². The zero-order valence-corrected chi connectivity index (χ0v) is 18.8. The first-order valence-electron chi connectivity index (χ1n) is 11.3. The van der Waals surface area contributed by atoms with E-state index in [9.17, 15) is 9.59 Å². The molecule has 0 saturated carbocycles. The molecule has 33 heavy (non-hydrogen) atoms. The molecule has 3 aromatic rings. The van der Waals surface area contributed by atoms with Crippen LogP contribution in [0, 0.1) is 0 Å².